The van der Waals surface area contributed by atoms with Crippen LogP contribution in [-0.4, -0.2) is 54.7 Å². The van der Waals surface area contributed by atoms with Gasteiger partial charge in [0.1, 0.15) is 11.9 Å². The van der Waals surface area contributed by atoms with E-state index in [0.29, 0.717) is 25.1 Å². The van der Waals surface area contributed by atoms with Crippen molar-refractivity contribution in [2.24, 2.45) is 0 Å². The minimum absolute atomic E-state index is 0.0998. The summed E-state index contributed by atoms with van der Waals surface area (Å²) in [5.41, 5.74) is 0.589. The molecule has 0 aliphatic carbocycles. The first kappa shape index (κ1) is 15.8. The molecule has 1 amide bonds. The quantitative estimate of drug-likeness (QED) is 0.847. The SMILES string of the molecule is N#Cc1cccnc1N1CCCN(C(=O)CC2CCCO2)CC1. The lowest BCUT2D eigenvalue weighted by Crippen LogP contribution is -2.37. The van der Waals surface area contributed by atoms with Crippen LogP contribution in [0.25, 0.3) is 0 Å². The number of hydrogen-bond donors (Lipinski definition) is 0. The monoisotopic (exact) mass is 314 g/mol. The molecule has 2 fully saturated rings. The third kappa shape index (κ3) is 3.80. The third-order valence-electron chi connectivity index (χ3n) is 4.48. The van der Waals surface area contributed by atoms with E-state index in [2.05, 4.69) is 16.0 Å². The van der Waals surface area contributed by atoms with E-state index < -0.39 is 0 Å². The van der Waals surface area contributed by atoms with E-state index in [1.165, 1.54) is 0 Å². The predicted molar refractivity (Wildman–Crippen MR) is 86.0 cm³/mol. The highest BCUT2D eigenvalue weighted by Gasteiger charge is 2.25. The predicted octanol–water partition coefficient (Wildman–Crippen LogP) is 1.56. The molecule has 6 heteroatoms. The van der Waals surface area contributed by atoms with Crippen molar-refractivity contribution in [3.8, 4) is 6.07 Å². The molecule has 0 saturated carbocycles. The highest BCUT2D eigenvalue weighted by atomic mass is 16.5. The Morgan fingerprint density at radius 2 is 2.26 bits per heavy atom. The highest BCUT2D eigenvalue weighted by Crippen LogP contribution is 2.20. The molecular formula is C17H22N4O2. The Kier molecular flexibility index (Phi) is 5.09. The Balaban J connectivity index is 1.60. The van der Waals surface area contributed by atoms with Gasteiger partial charge in [0.2, 0.25) is 5.91 Å². The molecule has 6 nitrogen and oxygen atoms in total. The Bertz CT molecular complexity index is 593. The number of carbonyl (C=O) groups excluding carboxylic acids is 1. The number of ether oxygens (including phenoxy) is 1. The van der Waals surface area contributed by atoms with Gasteiger partial charge in [-0.15, -0.1) is 0 Å². The lowest BCUT2D eigenvalue weighted by molar-refractivity contribution is -0.133. The van der Waals surface area contributed by atoms with Gasteiger partial charge >= 0.3 is 0 Å². The van der Waals surface area contributed by atoms with Crippen molar-refractivity contribution in [1.29, 1.82) is 5.26 Å². The molecule has 2 saturated heterocycles. The Morgan fingerprint density at radius 1 is 1.35 bits per heavy atom. The molecule has 1 unspecified atom stereocenters. The Labute approximate surface area is 136 Å². The maximum absolute atomic E-state index is 12.4. The molecule has 0 N–H and O–H groups in total. The number of aromatic nitrogens is 1. The van der Waals surface area contributed by atoms with Gasteiger partial charge in [0.15, 0.2) is 0 Å². The fourth-order valence-corrected chi connectivity index (χ4v) is 3.24. The minimum atomic E-state index is 0.0998. The molecule has 1 aromatic heterocycles. The first-order valence-corrected chi connectivity index (χ1v) is 8.27. The Morgan fingerprint density at radius 3 is 3.04 bits per heavy atom. The lowest BCUT2D eigenvalue weighted by Gasteiger charge is -2.24. The fraction of sp³-hybridized carbons (Fsp3) is 0.588. The van der Waals surface area contributed by atoms with Crippen molar-refractivity contribution in [3.63, 3.8) is 0 Å². The molecule has 23 heavy (non-hydrogen) atoms. The summed E-state index contributed by atoms with van der Waals surface area (Å²) in [7, 11) is 0. The topological polar surface area (TPSA) is 69.5 Å². The molecule has 1 aromatic rings. The van der Waals surface area contributed by atoms with E-state index in [1.54, 1.807) is 18.3 Å². The zero-order valence-corrected chi connectivity index (χ0v) is 13.3. The van der Waals surface area contributed by atoms with Gasteiger partial charge < -0.3 is 14.5 Å². The smallest absolute Gasteiger partial charge is 0.225 e. The van der Waals surface area contributed by atoms with Gasteiger partial charge in [0.05, 0.1) is 18.1 Å². The third-order valence-corrected chi connectivity index (χ3v) is 4.48. The van der Waals surface area contributed by atoms with Crippen LogP contribution in [0.15, 0.2) is 18.3 Å². The summed E-state index contributed by atoms with van der Waals surface area (Å²) in [4.78, 5) is 20.8. The van der Waals surface area contributed by atoms with Crippen LogP contribution in [0.2, 0.25) is 0 Å². The first-order chi connectivity index (χ1) is 11.3. The summed E-state index contributed by atoms with van der Waals surface area (Å²) >= 11 is 0. The van der Waals surface area contributed by atoms with E-state index in [9.17, 15) is 10.1 Å². The number of amides is 1. The van der Waals surface area contributed by atoms with Gasteiger partial charge in [0, 0.05) is 39.0 Å². The summed E-state index contributed by atoms with van der Waals surface area (Å²) in [6.07, 6.45) is 5.24. The van der Waals surface area contributed by atoms with Crippen molar-refractivity contribution in [1.82, 2.24) is 9.88 Å². The lowest BCUT2D eigenvalue weighted by atomic mass is 10.1. The van der Waals surface area contributed by atoms with Gasteiger partial charge in [-0.2, -0.15) is 5.26 Å². The zero-order chi connectivity index (χ0) is 16.1. The number of rotatable bonds is 3. The fourth-order valence-electron chi connectivity index (χ4n) is 3.24. The van der Waals surface area contributed by atoms with E-state index in [4.69, 9.17) is 4.74 Å². The number of carbonyl (C=O) groups is 1. The molecule has 0 spiro atoms. The average Bonchev–Trinajstić information content (AvgIpc) is 2.96. The molecule has 122 valence electrons. The van der Waals surface area contributed by atoms with E-state index in [0.717, 1.165) is 44.8 Å². The number of nitriles is 1. The van der Waals surface area contributed by atoms with E-state index in [1.807, 2.05) is 4.90 Å². The van der Waals surface area contributed by atoms with Crippen molar-refractivity contribution in [2.45, 2.75) is 31.8 Å². The maximum Gasteiger partial charge on any atom is 0.225 e. The van der Waals surface area contributed by atoms with Crippen LogP contribution in [0.3, 0.4) is 0 Å². The molecule has 3 rings (SSSR count). The largest absolute Gasteiger partial charge is 0.378 e. The number of hydrogen-bond acceptors (Lipinski definition) is 5. The molecule has 0 aromatic carbocycles. The standard InChI is InChI=1S/C17H22N4O2/c18-13-14-4-1-6-19-17(14)21-8-3-7-20(9-10-21)16(22)12-15-5-2-11-23-15/h1,4,6,15H,2-3,5,7-12H2. The van der Waals surface area contributed by atoms with Crippen molar-refractivity contribution in [3.05, 3.63) is 23.9 Å². The first-order valence-electron chi connectivity index (χ1n) is 8.27. The van der Waals surface area contributed by atoms with Crippen molar-refractivity contribution >= 4 is 11.7 Å². The molecule has 1 atom stereocenters. The molecule has 0 radical (unpaired) electrons. The molecule has 2 aliphatic rings. The van der Waals surface area contributed by atoms with Gasteiger partial charge in [0.25, 0.3) is 0 Å². The summed E-state index contributed by atoms with van der Waals surface area (Å²) in [6, 6.07) is 5.75. The average molecular weight is 314 g/mol. The van der Waals surface area contributed by atoms with Crippen LogP contribution in [0, 0.1) is 11.3 Å². The normalized spacial score (nSPS) is 21.8. The van der Waals surface area contributed by atoms with Gasteiger partial charge in [-0.25, -0.2) is 4.98 Å². The van der Waals surface area contributed by atoms with Crippen molar-refractivity contribution < 1.29 is 9.53 Å². The summed E-state index contributed by atoms with van der Waals surface area (Å²) in [5, 5.41) is 9.22. The molecular weight excluding hydrogens is 292 g/mol. The summed E-state index contributed by atoms with van der Waals surface area (Å²) < 4.78 is 5.56. The van der Waals surface area contributed by atoms with E-state index >= 15 is 0 Å². The van der Waals surface area contributed by atoms with Crippen LogP contribution in [0.5, 0.6) is 0 Å². The van der Waals surface area contributed by atoms with Crippen molar-refractivity contribution in [2.75, 3.05) is 37.7 Å². The molecule has 3 heterocycles. The van der Waals surface area contributed by atoms with Crippen LogP contribution >= 0.6 is 0 Å². The molecule has 0 bridgehead atoms. The number of anilines is 1. The van der Waals surface area contributed by atoms with Crippen LogP contribution < -0.4 is 4.90 Å². The van der Waals surface area contributed by atoms with Gasteiger partial charge in [-0.05, 0) is 31.4 Å². The van der Waals surface area contributed by atoms with Gasteiger partial charge in [-0.3, -0.25) is 4.79 Å². The minimum Gasteiger partial charge on any atom is -0.378 e. The second kappa shape index (κ2) is 7.42. The second-order valence-corrected chi connectivity index (χ2v) is 6.05. The van der Waals surface area contributed by atoms with Crippen LogP contribution in [0.1, 0.15) is 31.2 Å². The maximum atomic E-state index is 12.4. The Hall–Kier alpha value is -2.13. The number of nitrogens with zero attached hydrogens (tertiary/aromatic N) is 4. The van der Waals surface area contributed by atoms with Crippen LogP contribution in [-0.2, 0) is 9.53 Å². The number of pyridine rings is 1. The second-order valence-electron chi connectivity index (χ2n) is 6.05. The highest BCUT2D eigenvalue weighted by molar-refractivity contribution is 5.77. The van der Waals surface area contributed by atoms with Crippen LogP contribution in [0.4, 0.5) is 5.82 Å². The zero-order valence-electron chi connectivity index (χ0n) is 13.3. The molecule has 2 aliphatic heterocycles. The summed E-state index contributed by atoms with van der Waals surface area (Å²) in [6.45, 7) is 3.74. The summed E-state index contributed by atoms with van der Waals surface area (Å²) in [5.74, 6) is 0.906. The van der Waals surface area contributed by atoms with E-state index in [-0.39, 0.29) is 12.0 Å². The van der Waals surface area contributed by atoms with Gasteiger partial charge in [-0.1, -0.05) is 0 Å².